The van der Waals surface area contributed by atoms with E-state index in [1.165, 1.54) is 0 Å². The van der Waals surface area contributed by atoms with Gasteiger partial charge in [0.15, 0.2) is 0 Å². The van der Waals surface area contributed by atoms with Crippen molar-refractivity contribution in [2.75, 3.05) is 18.0 Å². The zero-order valence-electron chi connectivity index (χ0n) is 16.1. The molecule has 1 aromatic heterocycles. The quantitative estimate of drug-likeness (QED) is 0.410. The highest BCUT2D eigenvalue weighted by atomic mass is 35.5. The molecule has 0 unspecified atom stereocenters. The zero-order chi connectivity index (χ0) is 20.8. The Kier molecular flexibility index (Phi) is 6.90. The highest BCUT2D eigenvalue weighted by molar-refractivity contribution is 6.42. The highest BCUT2D eigenvalue weighted by Crippen LogP contribution is 2.27. The summed E-state index contributed by atoms with van der Waals surface area (Å²) in [4.78, 5) is 14.5. The Morgan fingerprint density at radius 1 is 1.10 bits per heavy atom. The summed E-state index contributed by atoms with van der Waals surface area (Å²) in [5.41, 5.74) is 6.18. The van der Waals surface area contributed by atoms with Crippen LogP contribution >= 0.6 is 23.2 Å². The normalized spacial score (nSPS) is 11.0. The van der Waals surface area contributed by atoms with Crippen molar-refractivity contribution in [1.29, 1.82) is 0 Å². The summed E-state index contributed by atoms with van der Waals surface area (Å²) in [5.74, 6) is -0.389. The second-order valence-corrected chi connectivity index (χ2v) is 7.07. The number of carbonyl (C=O) groups excluding carboxylic acids is 1. The smallest absolute Gasteiger partial charge is 0.289 e. The van der Waals surface area contributed by atoms with Crippen LogP contribution in [0.15, 0.2) is 53.6 Å². The first-order valence-electron chi connectivity index (χ1n) is 9.21. The first-order valence-corrected chi connectivity index (χ1v) is 9.96. The molecule has 0 saturated carbocycles. The lowest BCUT2D eigenvalue weighted by atomic mass is 10.1. The van der Waals surface area contributed by atoms with Crippen molar-refractivity contribution in [1.82, 2.24) is 15.6 Å². The first-order chi connectivity index (χ1) is 14.0. The second-order valence-electron chi connectivity index (χ2n) is 6.26. The molecular formula is C21H21Cl2N5O. The van der Waals surface area contributed by atoms with Gasteiger partial charge in [-0.15, -0.1) is 0 Å². The van der Waals surface area contributed by atoms with Gasteiger partial charge in [0.2, 0.25) is 0 Å². The van der Waals surface area contributed by atoms with Crippen molar-refractivity contribution in [2.24, 2.45) is 5.10 Å². The standard InChI is InChI=1S/C21H21Cl2N5O/c1-3-28(4-2)16-8-5-14(6-9-16)13-24-27-21(29)20-12-19(25-26-20)15-7-10-17(22)18(23)11-15/h5-13H,3-4H2,1-2H3,(H,25,26)(H,27,29)/b24-13+. The topological polar surface area (TPSA) is 73.4 Å². The SMILES string of the molecule is CCN(CC)c1ccc(/C=N/NC(=O)c2cc(-c3ccc(Cl)c(Cl)c3)n[nH]2)cc1. The van der Waals surface area contributed by atoms with Crippen LogP contribution in [-0.2, 0) is 0 Å². The molecule has 0 atom stereocenters. The average Bonchev–Trinajstić information content (AvgIpc) is 3.22. The van der Waals surface area contributed by atoms with Gasteiger partial charge in [0, 0.05) is 24.3 Å². The largest absolute Gasteiger partial charge is 0.372 e. The summed E-state index contributed by atoms with van der Waals surface area (Å²) in [6.45, 7) is 6.15. The number of halogens is 2. The maximum atomic E-state index is 12.3. The van der Waals surface area contributed by atoms with Gasteiger partial charge < -0.3 is 4.90 Å². The third kappa shape index (κ3) is 5.16. The van der Waals surface area contributed by atoms with Crippen LogP contribution in [0.3, 0.4) is 0 Å². The summed E-state index contributed by atoms with van der Waals surface area (Å²) in [7, 11) is 0. The molecule has 3 rings (SSSR count). The van der Waals surface area contributed by atoms with Crippen LogP contribution in [0.2, 0.25) is 10.0 Å². The van der Waals surface area contributed by atoms with E-state index in [2.05, 4.69) is 39.5 Å². The molecule has 0 radical (unpaired) electrons. The molecule has 2 N–H and O–H groups in total. The van der Waals surface area contributed by atoms with E-state index < -0.39 is 0 Å². The Morgan fingerprint density at radius 3 is 2.48 bits per heavy atom. The second kappa shape index (κ2) is 9.58. The number of nitrogens with zero attached hydrogens (tertiary/aromatic N) is 3. The van der Waals surface area contributed by atoms with E-state index in [-0.39, 0.29) is 5.91 Å². The van der Waals surface area contributed by atoms with Crippen molar-refractivity contribution in [2.45, 2.75) is 13.8 Å². The summed E-state index contributed by atoms with van der Waals surface area (Å²) >= 11 is 12.0. The van der Waals surface area contributed by atoms with Gasteiger partial charge in [0.25, 0.3) is 5.91 Å². The molecule has 0 saturated heterocycles. The summed E-state index contributed by atoms with van der Waals surface area (Å²) < 4.78 is 0. The molecule has 6 nitrogen and oxygen atoms in total. The number of benzene rings is 2. The number of rotatable bonds is 7. The number of anilines is 1. The number of aromatic amines is 1. The molecule has 0 aliphatic carbocycles. The molecule has 0 bridgehead atoms. The van der Waals surface area contributed by atoms with Crippen molar-refractivity contribution >= 4 is 41.0 Å². The summed E-state index contributed by atoms with van der Waals surface area (Å²) in [6, 6.07) is 14.8. The van der Waals surface area contributed by atoms with Crippen molar-refractivity contribution < 1.29 is 4.79 Å². The number of amides is 1. The van der Waals surface area contributed by atoms with E-state index in [0.29, 0.717) is 21.4 Å². The van der Waals surface area contributed by atoms with Gasteiger partial charge in [-0.2, -0.15) is 10.2 Å². The predicted molar refractivity (Wildman–Crippen MR) is 119 cm³/mol. The minimum Gasteiger partial charge on any atom is -0.372 e. The lowest BCUT2D eigenvalue weighted by Crippen LogP contribution is -2.21. The molecule has 0 spiro atoms. The van der Waals surface area contributed by atoms with Gasteiger partial charge in [-0.3, -0.25) is 9.89 Å². The Labute approximate surface area is 179 Å². The van der Waals surface area contributed by atoms with Crippen LogP contribution in [0.1, 0.15) is 29.9 Å². The minimum absolute atomic E-state index is 0.292. The molecule has 8 heteroatoms. The van der Waals surface area contributed by atoms with Gasteiger partial charge in [-0.05, 0) is 49.7 Å². The Morgan fingerprint density at radius 2 is 1.83 bits per heavy atom. The Bertz CT molecular complexity index is 1010. The van der Waals surface area contributed by atoms with Crippen LogP contribution in [0, 0.1) is 0 Å². The van der Waals surface area contributed by atoms with E-state index in [9.17, 15) is 4.79 Å². The average molecular weight is 430 g/mol. The van der Waals surface area contributed by atoms with E-state index in [1.54, 1.807) is 30.5 Å². The minimum atomic E-state index is -0.389. The third-order valence-corrected chi connectivity index (χ3v) is 5.18. The number of hydrogen-bond acceptors (Lipinski definition) is 4. The third-order valence-electron chi connectivity index (χ3n) is 4.44. The molecular weight excluding hydrogens is 409 g/mol. The number of nitrogens with one attached hydrogen (secondary N) is 2. The molecule has 1 amide bonds. The lowest BCUT2D eigenvalue weighted by molar-refractivity contribution is 0.0950. The van der Waals surface area contributed by atoms with Gasteiger partial charge in [-0.25, -0.2) is 5.43 Å². The summed E-state index contributed by atoms with van der Waals surface area (Å²) in [6.07, 6.45) is 1.60. The number of H-pyrrole nitrogens is 1. The van der Waals surface area contributed by atoms with E-state index >= 15 is 0 Å². The van der Waals surface area contributed by atoms with Gasteiger partial charge >= 0.3 is 0 Å². The molecule has 0 fully saturated rings. The fourth-order valence-electron chi connectivity index (χ4n) is 2.83. The zero-order valence-corrected chi connectivity index (χ0v) is 17.6. The lowest BCUT2D eigenvalue weighted by Gasteiger charge is -2.20. The molecule has 3 aromatic rings. The highest BCUT2D eigenvalue weighted by Gasteiger charge is 2.11. The molecule has 1 heterocycles. The van der Waals surface area contributed by atoms with Crippen molar-refractivity contribution in [3.8, 4) is 11.3 Å². The first kappa shape index (κ1) is 20.9. The van der Waals surface area contributed by atoms with E-state index in [0.717, 1.165) is 29.9 Å². The maximum absolute atomic E-state index is 12.3. The molecule has 2 aromatic carbocycles. The van der Waals surface area contributed by atoms with E-state index in [1.807, 2.05) is 24.3 Å². The van der Waals surface area contributed by atoms with Crippen molar-refractivity contribution in [3.63, 3.8) is 0 Å². The van der Waals surface area contributed by atoms with Crippen LogP contribution in [0.5, 0.6) is 0 Å². The van der Waals surface area contributed by atoms with E-state index in [4.69, 9.17) is 23.2 Å². The van der Waals surface area contributed by atoms with Crippen LogP contribution < -0.4 is 10.3 Å². The number of carbonyl (C=O) groups is 1. The molecule has 0 aliphatic heterocycles. The maximum Gasteiger partial charge on any atom is 0.289 e. The fraction of sp³-hybridized carbons (Fsp3) is 0.190. The molecule has 150 valence electrons. The molecule has 0 aliphatic rings. The fourth-order valence-corrected chi connectivity index (χ4v) is 3.13. The number of hydrazone groups is 1. The molecule has 29 heavy (non-hydrogen) atoms. The summed E-state index contributed by atoms with van der Waals surface area (Å²) in [5, 5.41) is 11.7. The van der Waals surface area contributed by atoms with Crippen LogP contribution in [0.25, 0.3) is 11.3 Å². The number of aromatic nitrogens is 2. The van der Waals surface area contributed by atoms with Gasteiger partial charge in [0.05, 0.1) is 22.0 Å². The Balaban J connectivity index is 1.62. The van der Waals surface area contributed by atoms with Crippen molar-refractivity contribution in [3.05, 3.63) is 69.8 Å². The predicted octanol–water partition coefficient (Wildman–Crippen LogP) is 4.99. The monoisotopic (exact) mass is 429 g/mol. The number of hydrogen-bond donors (Lipinski definition) is 2. The Hall–Kier alpha value is -2.83. The van der Waals surface area contributed by atoms with Gasteiger partial charge in [-0.1, -0.05) is 41.4 Å². The van der Waals surface area contributed by atoms with Crippen LogP contribution in [0.4, 0.5) is 5.69 Å². The van der Waals surface area contributed by atoms with Gasteiger partial charge in [0.1, 0.15) is 5.69 Å². The van der Waals surface area contributed by atoms with Crippen LogP contribution in [-0.4, -0.2) is 35.4 Å².